The van der Waals surface area contributed by atoms with Gasteiger partial charge in [0.05, 0.1) is 13.0 Å². The SMILES string of the molecule is CCOC(=O)CCC(=O)N[C@@H](C(N)=O)C1c2ccccc2-c2ccccc21. The van der Waals surface area contributed by atoms with Crippen LogP contribution < -0.4 is 11.1 Å². The van der Waals surface area contributed by atoms with Gasteiger partial charge in [0.2, 0.25) is 11.8 Å². The summed E-state index contributed by atoms with van der Waals surface area (Å²) in [4.78, 5) is 36.0. The summed E-state index contributed by atoms with van der Waals surface area (Å²) in [5, 5.41) is 2.72. The van der Waals surface area contributed by atoms with Gasteiger partial charge >= 0.3 is 5.97 Å². The number of ether oxygens (including phenoxy) is 1. The lowest BCUT2D eigenvalue weighted by molar-refractivity contribution is -0.144. The minimum Gasteiger partial charge on any atom is -0.466 e. The van der Waals surface area contributed by atoms with Crippen LogP contribution in [-0.2, 0) is 19.1 Å². The molecule has 2 aromatic carbocycles. The predicted molar refractivity (Wildman–Crippen MR) is 101 cm³/mol. The Hall–Kier alpha value is -3.15. The number of nitrogens with two attached hydrogens (primary N) is 1. The van der Waals surface area contributed by atoms with E-state index in [1.165, 1.54) is 0 Å². The number of carbonyl (C=O) groups is 3. The molecule has 1 aliphatic rings. The maximum atomic E-state index is 12.3. The second-order valence-electron chi connectivity index (χ2n) is 6.40. The molecule has 0 bridgehead atoms. The number of hydrogen-bond acceptors (Lipinski definition) is 4. The molecule has 27 heavy (non-hydrogen) atoms. The first-order valence-corrected chi connectivity index (χ1v) is 8.95. The van der Waals surface area contributed by atoms with Crippen LogP contribution in [0.3, 0.4) is 0 Å². The Balaban J connectivity index is 1.84. The summed E-state index contributed by atoms with van der Waals surface area (Å²) in [5.41, 5.74) is 9.61. The number of hydrogen-bond donors (Lipinski definition) is 2. The topological polar surface area (TPSA) is 98.5 Å². The summed E-state index contributed by atoms with van der Waals surface area (Å²) in [6.45, 7) is 1.97. The van der Waals surface area contributed by atoms with Gasteiger partial charge in [0.25, 0.3) is 0 Å². The third-order valence-electron chi connectivity index (χ3n) is 4.70. The zero-order valence-corrected chi connectivity index (χ0v) is 15.1. The first kappa shape index (κ1) is 18.6. The highest BCUT2D eigenvalue weighted by Gasteiger charge is 2.37. The number of carbonyl (C=O) groups excluding carboxylic acids is 3. The molecule has 6 nitrogen and oxygen atoms in total. The Morgan fingerprint density at radius 2 is 1.56 bits per heavy atom. The van der Waals surface area contributed by atoms with Crippen LogP contribution in [0.15, 0.2) is 48.5 Å². The summed E-state index contributed by atoms with van der Waals surface area (Å²) in [5.74, 6) is -1.83. The quantitative estimate of drug-likeness (QED) is 0.733. The lowest BCUT2D eigenvalue weighted by atomic mass is 9.88. The molecule has 0 spiro atoms. The molecule has 0 radical (unpaired) electrons. The summed E-state index contributed by atoms with van der Waals surface area (Å²) in [6.07, 6.45) is -0.0956. The predicted octanol–water partition coefficient (Wildman–Crippen LogP) is 2.11. The van der Waals surface area contributed by atoms with Gasteiger partial charge in [-0.15, -0.1) is 0 Å². The van der Waals surface area contributed by atoms with E-state index in [-0.39, 0.29) is 25.4 Å². The van der Waals surface area contributed by atoms with Crippen molar-refractivity contribution in [3.8, 4) is 11.1 Å². The van der Waals surface area contributed by atoms with Crippen LogP contribution in [0.1, 0.15) is 36.8 Å². The molecule has 0 unspecified atom stereocenters. The van der Waals surface area contributed by atoms with Gasteiger partial charge in [-0.25, -0.2) is 0 Å². The van der Waals surface area contributed by atoms with Crippen molar-refractivity contribution in [2.75, 3.05) is 6.61 Å². The van der Waals surface area contributed by atoms with Crippen LogP contribution in [0.2, 0.25) is 0 Å². The van der Waals surface area contributed by atoms with E-state index in [2.05, 4.69) is 5.32 Å². The van der Waals surface area contributed by atoms with E-state index in [1.807, 2.05) is 48.5 Å². The maximum absolute atomic E-state index is 12.3. The van der Waals surface area contributed by atoms with Gasteiger partial charge in [0.15, 0.2) is 0 Å². The van der Waals surface area contributed by atoms with Gasteiger partial charge in [0.1, 0.15) is 6.04 Å². The van der Waals surface area contributed by atoms with E-state index in [4.69, 9.17) is 10.5 Å². The molecule has 0 fully saturated rings. The Morgan fingerprint density at radius 3 is 2.07 bits per heavy atom. The Labute approximate surface area is 157 Å². The highest BCUT2D eigenvalue weighted by atomic mass is 16.5. The van der Waals surface area contributed by atoms with E-state index >= 15 is 0 Å². The Kier molecular flexibility index (Phi) is 5.54. The van der Waals surface area contributed by atoms with Gasteiger partial charge < -0.3 is 15.8 Å². The number of fused-ring (bicyclic) bond motifs is 3. The van der Waals surface area contributed by atoms with Crippen LogP contribution >= 0.6 is 0 Å². The van der Waals surface area contributed by atoms with Gasteiger partial charge in [-0.05, 0) is 29.2 Å². The van der Waals surface area contributed by atoms with Gasteiger partial charge in [-0.2, -0.15) is 0 Å². The van der Waals surface area contributed by atoms with Gasteiger partial charge in [0, 0.05) is 12.3 Å². The lowest BCUT2D eigenvalue weighted by Gasteiger charge is -2.24. The highest BCUT2D eigenvalue weighted by Crippen LogP contribution is 2.46. The molecule has 0 aliphatic heterocycles. The van der Waals surface area contributed by atoms with Crippen molar-refractivity contribution in [1.29, 1.82) is 0 Å². The smallest absolute Gasteiger partial charge is 0.306 e. The second kappa shape index (κ2) is 8.03. The molecule has 0 saturated carbocycles. The fourth-order valence-electron chi connectivity index (χ4n) is 3.57. The number of benzene rings is 2. The average molecular weight is 366 g/mol. The van der Waals surface area contributed by atoms with E-state index in [0.29, 0.717) is 0 Å². The first-order valence-electron chi connectivity index (χ1n) is 8.95. The fourth-order valence-corrected chi connectivity index (χ4v) is 3.57. The zero-order chi connectivity index (χ0) is 19.4. The third kappa shape index (κ3) is 3.84. The molecule has 1 atom stereocenters. The van der Waals surface area contributed by atoms with Crippen molar-refractivity contribution in [3.63, 3.8) is 0 Å². The van der Waals surface area contributed by atoms with Crippen molar-refractivity contribution in [2.24, 2.45) is 5.73 Å². The minimum absolute atomic E-state index is 0.0387. The van der Waals surface area contributed by atoms with Crippen LogP contribution in [-0.4, -0.2) is 30.4 Å². The number of rotatable bonds is 7. The first-order chi connectivity index (χ1) is 13.0. The second-order valence-corrected chi connectivity index (χ2v) is 6.40. The maximum Gasteiger partial charge on any atom is 0.306 e. The largest absolute Gasteiger partial charge is 0.466 e. The van der Waals surface area contributed by atoms with E-state index in [0.717, 1.165) is 22.3 Å². The fraction of sp³-hybridized carbons (Fsp3) is 0.286. The van der Waals surface area contributed by atoms with Crippen LogP contribution in [0, 0.1) is 0 Å². The van der Waals surface area contributed by atoms with Gasteiger partial charge in [-0.3, -0.25) is 14.4 Å². The molecule has 3 rings (SSSR count). The summed E-state index contributed by atoms with van der Waals surface area (Å²) in [7, 11) is 0. The molecular formula is C21H22N2O4. The zero-order valence-electron chi connectivity index (χ0n) is 15.1. The molecule has 2 aromatic rings. The van der Waals surface area contributed by atoms with Crippen LogP contribution in [0.25, 0.3) is 11.1 Å². The Bertz CT molecular complexity index is 832. The molecule has 0 aromatic heterocycles. The van der Waals surface area contributed by atoms with Gasteiger partial charge in [-0.1, -0.05) is 48.5 Å². The van der Waals surface area contributed by atoms with E-state index in [9.17, 15) is 14.4 Å². The van der Waals surface area contributed by atoms with Crippen LogP contribution in [0.5, 0.6) is 0 Å². The van der Waals surface area contributed by atoms with Crippen molar-refractivity contribution < 1.29 is 19.1 Å². The molecular weight excluding hydrogens is 344 g/mol. The summed E-state index contributed by atoms with van der Waals surface area (Å²) < 4.78 is 4.83. The monoisotopic (exact) mass is 366 g/mol. The van der Waals surface area contributed by atoms with Crippen molar-refractivity contribution in [3.05, 3.63) is 59.7 Å². The number of esters is 1. The molecule has 0 saturated heterocycles. The highest BCUT2D eigenvalue weighted by molar-refractivity contribution is 5.91. The van der Waals surface area contributed by atoms with Crippen molar-refractivity contribution in [2.45, 2.75) is 31.7 Å². The van der Waals surface area contributed by atoms with E-state index < -0.39 is 23.8 Å². The third-order valence-corrected chi connectivity index (χ3v) is 4.70. The number of nitrogens with one attached hydrogen (secondary N) is 1. The number of primary amides is 1. The van der Waals surface area contributed by atoms with E-state index in [1.54, 1.807) is 6.92 Å². The van der Waals surface area contributed by atoms with Crippen molar-refractivity contribution in [1.82, 2.24) is 5.32 Å². The molecule has 3 N–H and O–H groups in total. The van der Waals surface area contributed by atoms with Crippen molar-refractivity contribution >= 4 is 17.8 Å². The van der Waals surface area contributed by atoms with Crippen LogP contribution in [0.4, 0.5) is 0 Å². The molecule has 1 aliphatic carbocycles. The minimum atomic E-state index is -0.899. The Morgan fingerprint density at radius 1 is 1.00 bits per heavy atom. The molecule has 6 heteroatoms. The molecule has 140 valence electrons. The average Bonchev–Trinajstić information content (AvgIpc) is 2.99. The number of amides is 2. The standard InChI is InChI=1S/C21H22N2O4/c1-2-27-18(25)12-11-17(24)23-20(21(22)26)19-15-9-5-3-7-13(15)14-8-4-6-10-16(14)19/h3-10,19-20H,2,11-12H2,1H3,(H2,22,26)(H,23,24)/t20-/m1/s1. The molecule has 0 heterocycles. The normalized spacial score (nSPS) is 13.4. The summed E-state index contributed by atoms with van der Waals surface area (Å²) >= 11 is 0. The summed E-state index contributed by atoms with van der Waals surface area (Å²) in [6, 6.07) is 14.7. The lowest BCUT2D eigenvalue weighted by Crippen LogP contribution is -2.48. The molecule has 2 amide bonds.